The van der Waals surface area contributed by atoms with Crippen LogP contribution in [0.4, 0.5) is 5.69 Å². The van der Waals surface area contributed by atoms with Gasteiger partial charge >= 0.3 is 0 Å². The van der Waals surface area contributed by atoms with Gasteiger partial charge in [-0.3, -0.25) is 9.59 Å². The third-order valence-corrected chi connectivity index (χ3v) is 4.64. The number of amides is 2. The molecular formula is C17H22N2O4. The van der Waals surface area contributed by atoms with Gasteiger partial charge in [-0.2, -0.15) is 0 Å². The van der Waals surface area contributed by atoms with Gasteiger partial charge in [0.2, 0.25) is 11.8 Å². The van der Waals surface area contributed by atoms with Gasteiger partial charge in [0.25, 0.3) is 0 Å². The van der Waals surface area contributed by atoms with Gasteiger partial charge in [0.1, 0.15) is 16.9 Å². The first-order valence-corrected chi connectivity index (χ1v) is 7.93. The number of hydrogen-bond donors (Lipinski definition) is 1. The molecule has 2 aliphatic rings. The van der Waals surface area contributed by atoms with Crippen LogP contribution in [-0.4, -0.2) is 44.0 Å². The van der Waals surface area contributed by atoms with Crippen LogP contribution in [0.15, 0.2) is 18.2 Å². The van der Waals surface area contributed by atoms with E-state index in [2.05, 4.69) is 5.32 Å². The highest BCUT2D eigenvalue weighted by atomic mass is 16.5. The van der Waals surface area contributed by atoms with E-state index < -0.39 is 5.41 Å². The van der Waals surface area contributed by atoms with E-state index in [1.807, 2.05) is 4.90 Å². The number of benzene rings is 1. The molecule has 6 heteroatoms. The van der Waals surface area contributed by atoms with Crippen molar-refractivity contribution in [3.05, 3.63) is 18.2 Å². The van der Waals surface area contributed by atoms with Crippen molar-refractivity contribution in [1.82, 2.24) is 4.90 Å². The molecular weight excluding hydrogens is 296 g/mol. The van der Waals surface area contributed by atoms with Crippen LogP contribution in [0.2, 0.25) is 0 Å². The Morgan fingerprint density at radius 1 is 1.13 bits per heavy atom. The molecule has 0 unspecified atom stereocenters. The molecule has 0 aromatic heterocycles. The number of ether oxygens (including phenoxy) is 2. The monoisotopic (exact) mass is 318 g/mol. The summed E-state index contributed by atoms with van der Waals surface area (Å²) in [4.78, 5) is 27.2. The number of carbonyl (C=O) groups excluding carboxylic acids is 2. The van der Waals surface area contributed by atoms with E-state index in [0.717, 1.165) is 25.9 Å². The fraction of sp³-hybridized carbons (Fsp3) is 0.529. The second kappa shape index (κ2) is 6.10. The SMILES string of the molecule is COc1ccc(OC)c(NC(=O)C2(C(=O)N3CCCC3)CC2)c1. The maximum Gasteiger partial charge on any atom is 0.240 e. The first-order chi connectivity index (χ1) is 11.1. The molecule has 2 fully saturated rings. The highest BCUT2D eigenvalue weighted by Gasteiger charge is 2.58. The van der Waals surface area contributed by atoms with Crippen LogP contribution in [0.1, 0.15) is 25.7 Å². The maximum atomic E-state index is 12.7. The average molecular weight is 318 g/mol. The van der Waals surface area contributed by atoms with Gasteiger partial charge in [-0.15, -0.1) is 0 Å². The summed E-state index contributed by atoms with van der Waals surface area (Å²) in [6.45, 7) is 1.52. The minimum Gasteiger partial charge on any atom is -0.497 e. The van der Waals surface area contributed by atoms with E-state index in [9.17, 15) is 9.59 Å². The zero-order valence-electron chi connectivity index (χ0n) is 13.6. The van der Waals surface area contributed by atoms with Crippen LogP contribution in [0, 0.1) is 5.41 Å². The predicted molar refractivity (Wildman–Crippen MR) is 85.7 cm³/mol. The van der Waals surface area contributed by atoms with Crippen LogP contribution in [0.5, 0.6) is 11.5 Å². The molecule has 0 spiro atoms. The smallest absolute Gasteiger partial charge is 0.240 e. The highest BCUT2D eigenvalue weighted by Crippen LogP contribution is 2.49. The molecule has 0 radical (unpaired) electrons. The molecule has 3 rings (SSSR count). The zero-order chi connectivity index (χ0) is 16.4. The second-order valence-electron chi connectivity index (χ2n) is 6.10. The molecule has 1 saturated heterocycles. The van der Waals surface area contributed by atoms with Crippen molar-refractivity contribution in [2.24, 2.45) is 5.41 Å². The van der Waals surface area contributed by atoms with Crippen LogP contribution in [0.3, 0.4) is 0 Å². The minimum atomic E-state index is -0.890. The van der Waals surface area contributed by atoms with Crippen molar-refractivity contribution in [3.63, 3.8) is 0 Å². The summed E-state index contributed by atoms with van der Waals surface area (Å²) in [6.07, 6.45) is 3.27. The molecule has 1 saturated carbocycles. The van der Waals surface area contributed by atoms with E-state index in [4.69, 9.17) is 9.47 Å². The van der Waals surface area contributed by atoms with Crippen LogP contribution in [-0.2, 0) is 9.59 Å². The normalized spacial score (nSPS) is 18.4. The Kier molecular flexibility index (Phi) is 4.15. The lowest BCUT2D eigenvalue weighted by Gasteiger charge is -2.22. The Balaban J connectivity index is 1.77. The van der Waals surface area contributed by atoms with E-state index in [1.54, 1.807) is 32.4 Å². The van der Waals surface area contributed by atoms with Gasteiger partial charge < -0.3 is 19.7 Å². The summed E-state index contributed by atoms with van der Waals surface area (Å²) < 4.78 is 10.5. The lowest BCUT2D eigenvalue weighted by molar-refractivity contribution is -0.141. The first kappa shape index (κ1) is 15.6. The molecule has 1 aliphatic carbocycles. The molecule has 1 N–H and O–H groups in total. The van der Waals surface area contributed by atoms with Crippen LogP contribution < -0.4 is 14.8 Å². The standard InChI is InChI=1S/C17H22N2O4/c1-22-12-5-6-14(23-2)13(11-12)18-15(20)17(7-8-17)16(21)19-9-3-4-10-19/h5-6,11H,3-4,7-10H2,1-2H3,(H,18,20). The van der Waals surface area contributed by atoms with E-state index in [0.29, 0.717) is 30.0 Å². The molecule has 1 aromatic carbocycles. The topological polar surface area (TPSA) is 67.9 Å². The Labute approximate surface area is 135 Å². The van der Waals surface area contributed by atoms with Gasteiger partial charge in [0, 0.05) is 19.2 Å². The van der Waals surface area contributed by atoms with Gasteiger partial charge in [0.05, 0.1) is 19.9 Å². The fourth-order valence-corrected chi connectivity index (χ4v) is 3.04. The lowest BCUT2D eigenvalue weighted by atomic mass is 10.0. The zero-order valence-corrected chi connectivity index (χ0v) is 13.6. The molecule has 124 valence electrons. The average Bonchev–Trinajstić information content (AvgIpc) is 3.21. The summed E-state index contributed by atoms with van der Waals surface area (Å²) >= 11 is 0. The van der Waals surface area contributed by atoms with Crippen molar-refractivity contribution < 1.29 is 19.1 Å². The quantitative estimate of drug-likeness (QED) is 0.844. The van der Waals surface area contributed by atoms with Crippen molar-refractivity contribution in [2.45, 2.75) is 25.7 Å². The lowest BCUT2D eigenvalue weighted by Crippen LogP contribution is -2.41. The van der Waals surface area contributed by atoms with Crippen molar-refractivity contribution in [1.29, 1.82) is 0 Å². The van der Waals surface area contributed by atoms with Crippen LogP contribution in [0.25, 0.3) is 0 Å². The fourth-order valence-electron chi connectivity index (χ4n) is 3.04. The molecule has 23 heavy (non-hydrogen) atoms. The largest absolute Gasteiger partial charge is 0.497 e. The Morgan fingerprint density at radius 3 is 2.39 bits per heavy atom. The Hall–Kier alpha value is -2.24. The third-order valence-electron chi connectivity index (χ3n) is 4.64. The molecule has 2 amide bonds. The molecule has 1 heterocycles. The summed E-state index contributed by atoms with van der Waals surface area (Å²) in [5, 5.41) is 2.85. The number of likely N-dealkylation sites (tertiary alicyclic amines) is 1. The van der Waals surface area contributed by atoms with Crippen LogP contribution >= 0.6 is 0 Å². The third kappa shape index (κ3) is 2.85. The number of anilines is 1. The van der Waals surface area contributed by atoms with E-state index in [-0.39, 0.29) is 11.8 Å². The number of hydrogen-bond acceptors (Lipinski definition) is 4. The van der Waals surface area contributed by atoms with Crippen molar-refractivity contribution in [2.75, 3.05) is 32.6 Å². The van der Waals surface area contributed by atoms with Gasteiger partial charge in [-0.25, -0.2) is 0 Å². The predicted octanol–water partition coefficient (Wildman–Crippen LogP) is 2.04. The molecule has 0 bridgehead atoms. The maximum absolute atomic E-state index is 12.7. The number of carbonyl (C=O) groups is 2. The number of rotatable bonds is 5. The van der Waals surface area contributed by atoms with Crippen molar-refractivity contribution >= 4 is 17.5 Å². The number of nitrogens with zero attached hydrogens (tertiary/aromatic N) is 1. The molecule has 0 atom stereocenters. The molecule has 1 aliphatic heterocycles. The van der Waals surface area contributed by atoms with Gasteiger partial charge in [-0.05, 0) is 37.8 Å². The summed E-state index contributed by atoms with van der Waals surface area (Å²) in [6, 6.07) is 5.19. The first-order valence-electron chi connectivity index (χ1n) is 7.93. The van der Waals surface area contributed by atoms with Gasteiger partial charge in [0.15, 0.2) is 0 Å². The Morgan fingerprint density at radius 2 is 1.83 bits per heavy atom. The highest BCUT2D eigenvalue weighted by molar-refractivity contribution is 6.13. The second-order valence-corrected chi connectivity index (χ2v) is 6.10. The summed E-state index contributed by atoms with van der Waals surface area (Å²) in [5.74, 6) is 0.885. The van der Waals surface area contributed by atoms with E-state index >= 15 is 0 Å². The molecule has 1 aromatic rings. The van der Waals surface area contributed by atoms with Crippen molar-refractivity contribution in [3.8, 4) is 11.5 Å². The summed E-state index contributed by atoms with van der Waals surface area (Å²) in [5.41, 5.74) is -0.365. The molecule has 6 nitrogen and oxygen atoms in total. The Bertz CT molecular complexity index is 619. The van der Waals surface area contributed by atoms with E-state index in [1.165, 1.54) is 0 Å². The van der Waals surface area contributed by atoms with Gasteiger partial charge in [-0.1, -0.05) is 0 Å². The summed E-state index contributed by atoms with van der Waals surface area (Å²) in [7, 11) is 3.10. The minimum absolute atomic E-state index is 0.0330. The number of nitrogens with one attached hydrogen (secondary N) is 1. The number of methoxy groups -OCH3 is 2.